The maximum atomic E-state index is 14.9. The smallest absolute Gasteiger partial charge is 0.206 e. The first-order valence-electron chi connectivity index (χ1n) is 12.5. The maximum Gasteiger partial charge on any atom is 0.206 e. The summed E-state index contributed by atoms with van der Waals surface area (Å²) in [5, 5.41) is 0. The molecule has 2 heterocycles. The highest BCUT2D eigenvalue weighted by atomic mass is 19.1. The lowest BCUT2D eigenvalue weighted by molar-refractivity contribution is 0.219. The first-order chi connectivity index (χ1) is 16.3. The lowest BCUT2D eigenvalue weighted by Crippen LogP contribution is -2.32. The van der Waals surface area contributed by atoms with Crippen molar-refractivity contribution < 1.29 is 4.39 Å². The molecule has 0 amide bonds. The Balaban J connectivity index is 0.000000758. The van der Waals surface area contributed by atoms with Crippen LogP contribution in [0.25, 0.3) is 16.6 Å². The highest BCUT2D eigenvalue weighted by molar-refractivity contribution is 5.83. The number of hydrogen-bond acceptors (Lipinski definition) is 2. The van der Waals surface area contributed by atoms with Crippen LogP contribution in [0.5, 0.6) is 0 Å². The Morgan fingerprint density at radius 1 is 1.09 bits per heavy atom. The van der Waals surface area contributed by atoms with Gasteiger partial charge in [-0.3, -0.25) is 0 Å². The maximum absolute atomic E-state index is 14.9. The summed E-state index contributed by atoms with van der Waals surface area (Å²) in [7, 11) is 0. The Morgan fingerprint density at radius 2 is 1.71 bits per heavy atom. The van der Waals surface area contributed by atoms with Crippen LogP contribution in [0, 0.1) is 0 Å². The normalized spacial score (nSPS) is 13.4. The monoisotopic (exact) mass is 463 g/mol. The van der Waals surface area contributed by atoms with Crippen LogP contribution in [0.2, 0.25) is 0 Å². The number of allylic oxidation sites excluding steroid dienone is 2. The number of anilines is 1. The van der Waals surface area contributed by atoms with Gasteiger partial charge in [0.1, 0.15) is 5.67 Å². The van der Waals surface area contributed by atoms with Crippen molar-refractivity contribution in [3.8, 4) is 0 Å². The number of alkyl halides is 1. The standard InChI is InChI=1S/C25H30FN3.C3H6.C2H6/c1-18(2)19-12-13-23-22(16-19)27-24(28-14-8-5-9-15-28)29(23)17-20-10-6-7-11-21(20)25(3,4)26;1-3-2;1-2/h6-7,10-13,16H,1,5,8-9,14-15,17H2,2-4H3;3H,1H2,2H3;1-2H3. The molecule has 0 radical (unpaired) electrons. The lowest BCUT2D eigenvalue weighted by Gasteiger charge is -2.29. The minimum absolute atomic E-state index is 0.609. The minimum atomic E-state index is -1.38. The van der Waals surface area contributed by atoms with Gasteiger partial charge in [-0.1, -0.05) is 62.4 Å². The van der Waals surface area contributed by atoms with Gasteiger partial charge in [0.15, 0.2) is 0 Å². The summed E-state index contributed by atoms with van der Waals surface area (Å²) < 4.78 is 17.1. The largest absolute Gasteiger partial charge is 0.342 e. The van der Waals surface area contributed by atoms with Gasteiger partial charge in [0.05, 0.1) is 17.6 Å². The van der Waals surface area contributed by atoms with Gasteiger partial charge in [-0.05, 0) is 75.8 Å². The fourth-order valence-corrected chi connectivity index (χ4v) is 4.28. The fourth-order valence-electron chi connectivity index (χ4n) is 4.28. The Kier molecular flexibility index (Phi) is 10.1. The molecule has 2 aromatic carbocycles. The molecule has 34 heavy (non-hydrogen) atoms. The van der Waals surface area contributed by atoms with E-state index < -0.39 is 5.67 Å². The fraction of sp³-hybridized carbons (Fsp3) is 0.433. The second-order valence-corrected chi connectivity index (χ2v) is 9.07. The van der Waals surface area contributed by atoms with E-state index in [1.165, 1.54) is 19.3 Å². The Bertz CT molecular complexity index is 1080. The molecule has 1 saturated heterocycles. The third kappa shape index (κ3) is 6.59. The van der Waals surface area contributed by atoms with Crippen LogP contribution >= 0.6 is 0 Å². The van der Waals surface area contributed by atoms with E-state index in [9.17, 15) is 4.39 Å². The van der Waals surface area contributed by atoms with Crippen LogP contribution in [0.3, 0.4) is 0 Å². The topological polar surface area (TPSA) is 21.1 Å². The van der Waals surface area contributed by atoms with Crippen molar-refractivity contribution in [3.05, 3.63) is 78.4 Å². The van der Waals surface area contributed by atoms with E-state index in [4.69, 9.17) is 4.98 Å². The van der Waals surface area contributed by atoms with Gasteiger partial charge in [-0.25, -0.2) is 9.37 Å². The van der Waals surface area contributed by atoms with Crippen LogP contribution in [0.4, 0.5) is 10.3 Å². The minimum Gasteiger partial charge on any atom is -0.342 e. The molecule has 0 unspecified atom stereocenters. The van der Waals surface area contributed by atoms with Crippen LogP contribution in [-0.2, 0) is 12.2 Å². The van der Waals surface area contributed by atoms with E-state index in [1.807, 2.05) is 52.0 Å². The van der Waals surface area contributed by atoms with E-state index in [1.54, 1.807) is 19.9 Å². The molecule has 3 aromatic rings. The molecular weight excluding hydrogens is 421 g/mol. The molecule has 0 bridgehead atoms. The van der Waals surface area contributed by atoms with Gasteiger partial charge in [-0.15, -0.1) is 6.58 Å². The number of nitrogens with zero attached hydrogens (tertiary/aromatic N) is 3. The molecule has 4 rings (SSSR count). The number of imidazole rings is 1. The van der Waals surface area contributed by atoms with Gasteiger partial charge >= 0.3 is 0 Å². The number of piperidine rings is 1. The molecule has 1 aliphatic rings. The molecule has 3 nitrogen and oxygen atoms in total. The Hall–Kier alpha value is -2.88. The van der Waals surface area contributed by atoms with Crippen LogP contribution in [0.1, 0.15) is 77.5 Å². The summed E-state index contributed by atoms with van der Waals surface area (Å²) in [5.74, 6) is 0.991. The van der Waals surface area contributed by atoms with Crippen molar-refractivity contribution in [2.75, 3.05) is 18.0 Å². The van der Waals surface area contributed by atoms with E-state index in [-0.39, 0.29) is 0 Å². The van der Waals surface area contributed by atoms with Gasteiger partial charge < -0.3 is 9.47 Å². The summed E-state index contributed by atoms with van der Waals surface area (Å²) in [5.41, 5.74) is 4.56. The second-order valence-electron chi connectivity index (χ2n) is 9.07. The van der Waals surface area contributed by atoms with Gasteiger partial charge in [0.25, 0.3) is 0 Å². The molecule has 0 atom stereocenters. The molecule has 0 aliphatic carbocycles. The first kappa shape index (κ1) is 27.4. The molecule has 0 saturated carbocycles. The van der Waals surface area contributed by atoms with Crippen molar-refractivity contribution >= 4 is 22.6 Å². The summed E-state index contributed by atoms with van der Waals surface area (Å²) in [4.78, 5) is 7.40. The average Bonchev–Trinajstić information content (AvgIpc) is 3.19. The predicted octanol–water partition coefficient (Wildman–Crippen LogP) is 8.53. The molecule has 1 aromatic heterocycles. The number of hydrogen-bond donors (Lipinski definition) is 0. The Labute approximate surface area is 206 Å². The molecular formula is C30H42FN3. The number of fused-ring (bicyclic) bond motifs is 1. The Morgan fingerprint density at radius 3 is 2.29 bits per heavy atom. The second kappa shape index (κ2) is 12.5. The van der Waals surface area contributed by atoms with Crippen LogP contribution < -0.4 is 4.90 Å². The highest BCUT2D eigenvalue weighted by Gasteiger charge is 2.24. The summed E-state index contributed by atoms with van der Waals surface area (Å²) in [6.45, 7) is 21.2. The van der Waals surface area contributed by atoms with Gasteiger partial charge in [0, 0.05) is 13.1 Å². The number of benzene rings is 2. The third-order valence-corrected chi connectivity index (χ3v) is 5.85. The summed E-state index contributed by atoms with van der Waals surface area (Å²) in [6.07, 6.45) is 5.40. The van der Waals surface area contributed by atoms with Crippen molar-refractivity contribution in [1.82, 2.24) is 9.55 Å². The van der Waals surface area contributed by atoms with Crippen molar-refractivity contribution in [3.63, 3.8) is 0 Å². The van der Waals surface area contributed by atoms with Crippen molar-refractivity contribution in [2.24, 2.45) is 0 Å². The predicted molar refractivity (Wildman–Crippen MR) is 147 cm³/mol. The van der Waals surface area contributed by atoms with Gasteiger partial charge in [0.2, 0.25) is 5.95 Å². The molecule has 0 N–H and O–H groups in total. The van der Waals surface area contributed by atoms with Crippen LogP contribution in [-0.4, -0.2) is 22.6 Å². The molecule has 1 aliphatic heterocycles. The quantitative estimate of drug-likeness (QED) is 0.353. The van der Waals surface area contributed by atoms with Gasteiger partial charge in [-0.2, -0.15) is 0 Å². The number of aromatic nitrogens is 2. The van der Waals surface area contributed by atoms with E-state index in [0.29, 0.717) is 6.54 Å². The zero-order valence-electron chi connectivity index (χ0n) is 22.0. The molecule has 184 valence electrons. The first-order valence-corrected chi connectivity index (χ1v) is 12.5. The average molecular weight is 464 g/mol. The third-order valence-electron chi connectivity index (χ3n) is 5.85. The van der Waals surface area contributed by atoms with Crippen LogP contribution in [0.15, 0.2) is 61.7 Å². The van der Waals surface area contributed by atoms with E-state index in [2.05, 4.69) is 40.8 Å². The van der Waals surface area contributed by atoms with Crippen molar-refractivity contribution in [2.45, 2.75) is 73.0 Å². The summed E-state index contributed by atoms with van der Waals surface area (Å²) >= 11 is 0. The van der Waals surface area contributed by atoms with E-state index in [0.717, 1.165) is 52.3 Å². The summed E-state index contributed by atoms with van der Waals surface area (Å²) in [6, 6.07) is 14.2. The zero-order valence-corrected chi connectivity index (χ0v) is 22.0. The SMILES string of the molecule is C=C(C)c1ccc2c(c1)nc(N1CCCCC1)n2Cc1ccccc1C(C)(C)F.C=CC.CC. The van der Waals surface area contributed by atoms with Crippen molar-refractivity contribution in [1.29, 1.82) is 0 Å². The zero-order chi connectivity index (χ0) is 25.3. The lowest BCUT2D eigenvalue weighted by atomic mass is 9.94. The molecule has 4 heteroatoms. The highest BCUT2D eigenvalue weighted by Crippen LogP contribution is 2.32. The number of rotatable bonds is 5. The molecule has 0 spiro atoms. The molecule has 1 fully saturated rings. The number of halogens is 1. The van der Waals surface area contributed by atoms with E-state index >= 15 is 0 Å².